The molecule has 0 bridgehead atoms. The van der Waals surface area contributed by atoms with E-state index in [1.807, 2.05) is 0 Å². The summed E-state index contributed by atoms with van der Waals surface area (Å²) in [6, 6.07) is 8.70. The molecule has 2 aromatic heterocycles. The van der Waals surface area contributed by atoms with Crippen LogP contribution in [0.15, 0.2) is 52.3 Å². The predicted octanol–water partition coefficient (Wildman–Crippen LogP) is 2.50. The molecular formula is C17H15F2N3O3S. The second kappa shape index (κ2) is 8.13. The van der Waals surface area contributed by atoms with Gasteiger partial charge in [-0.25, -0.2) is 18.3 Å². The summed E-state index contributed by atoms with van der Waals surface area (Å²) in [6.45, 7) is 0.460. The molecule has 6 nitrogen and oxygen atoms in total. The van der Waals surface area contributed by atoms with Gasteiger partial charge in [-0.1, -0.05) is 6.07 Å². The predicted molar refractivity (Wildman–Crippen MR) is 92.1 cm³/mol. The largest absolute Gasteiger partial charge is 0.465 e. The van der Waals surface area contributed by atoms with Gasteiger partial charge < -0.3 is 4.74 Å². The third-order valence-corrected chi connectivity index (χ3v) is 4.48. The number of thioether (sulfide) groups is 1. The molecule has 0 unspecified atom stereocenters. The van der Waals surface area contributed by atoms with Crippen LogP contribution in [-0.4, -0.2) is 32.5 Å². The maximum absolute atomic E-state index is 13.1. The van der Waals surface area contributed by atoms with E-state index in [2.05, 4.69) is 5.10 Å². The van der Waals surface area contributed by atoms with Gasteiger partial charge in [-0.05, 0) is 30.3 Å². The third-order valence-electron chi connectivity index (χ3n) is 3.51. The Balaban J connectivity index is 1.42. The molecular weight excluding hydrogens is 364 g/mol. The summed E-state index contributed by atoms with van der Waals surface area (Å²) in [4.78, 5) is 24.2. The molecule has 0 N–H and O–H groups in total. The smallest absolute Gasteiger partial charge is 0.350 e. The van der Waals surface area contributed by atoms with Crippen molar-refractivity contribution in [1.82, 2.24) is 14.2 Å². The Morgan fingerprint density at radius 3 is 2.81 bits per heavy atom. The minimum absolute atomic E-state index is 0.0145. The number of aryl methyl sites for hydroxylation is 1. The Kier molecular flexibility index (Phi) is 5.67. The minimum Gasteiger partial charge on any atom is -0.465 e. The highest BCUT2D eigenvalue weighted by Crippen LogP contribution is 2.20. The van der Waals surface area contributed by atoms with Gasteiger partial charge in [0, 0.05) is 24.1 Å². The summed E-state index contributed by atoms with van der Waals surface area (Å²) < 4.78 is 33.7. The van der Waals surface area contributed by atoms with E-state index < -0.39 is 17.6 Å². The van der Waals surface area contributed by atoms with Crippen LogP contribution < -0.4 is 5.69 Å². The van der Waals surface area contributed by atoms with E-state index in [0.29, 0.717) is 23.5 Å². The Labute approximate surface area is 151 Å². The van der Waals surface area contributed by atoms with Gasteiger partial charge in [-0.2, -0.15) is 0 Å². The lowest BCUT2D eigenvalue weighted by atomic mass is 10.3. The van der Waals surface area contributed by atoms with E-state index in [1.165, 1.54) is 15.1 Å². The fourth-order valence-corrected chi connectivity index (χ4v) is 2.98. The second-order valence-corrected chi connectivity index (χ2v) is 6.42. The first-order valence-electron chi connectivity index (χ1n) is 7.82. The van der Waals surface area contributed by atoms with Crippen molar-refractivity contribution in [2.45, 2.75) is 17.9 Å². The zero-order valence-corrected chi connectivity index (χ0v) is 14.4. The van der Waals surface area contributed by atoms with Crippen LogP contribution in [0.3, 0.4) is 0 Å². The summed E-state index contributed by atoms with van der Waals surface area (Å²) in [5.41, 5.74) is 0.304. The van der Waals surface area contributed by atoms with E-state index in [0.717, 1.165) is 23.9 Å². The van der Waals surface area contributed by atoms with Gasteiger partial charge in [0.1, 0.15) is 0 Å². The van der Waals surface area contributed by atoms with Gasteiger partial charge in [-0.3, -0.25) is 9.20 Å². The fraction of sp³-hybridized carbons (Fsp3) is 0.235. The number of rotatable bonds is 7. The molecule has 0 amide bonds. The first-order valence-corrected chi connectivity index (χ1v) is 8.81. The SMILES string of the molecule is O=C(CSc1ccc(F)c(F)c1)OCCCn1nc2ccccn2c1=O. The van der Waals surface area contributed by atoms with Gasteiger partial charge >= 0.3 is 11.7 Å². The Bertz CT molecular complexity index is 987. The van der Waals surface area contributed by atoms with Crippen molar-refractivity contribution in [2.75, 3.05) is 12.4 Å². The normalized spacial score (nSPS) is 11.0. The lowest BCUT2D eigenvalue weighted by molar-refractivity contribution is -0.140. The van der Waals surface area contributed by atoms with E-state index in [4.69, 9.17) is 4.74 Å². The van der Waals surface area contributed by atoms with Crippen molar-refractivity contribution in [2.24, 2.45) is 0 Å². The van der Waals surface area contributed by atoms with Crippen molar-refractivity contribution in [1.29, 1.82) is 0 Å². The number of esters is 1. The zero-order valence-electron chi connectivity index (χ0n) is 13.6. The highest BCUT2D eigenvalue weighted by atomic mass is 32.2. The highest BCUT2D eigenvalue weighted by molar-refractivity contribution is 8.00. The zero-order chi connectivity index (χ0) is 18.5. The standard InChI is InChI=1S/C17H15F2N3O3S/c18-13-6-5-12(10-14(13)19)26-11-16(23)25-9-3-8-22-17(24)21-7-2-1-4-15(21)20-22/h1-2,4-7,10H,3,8-9,11H2. The van der Waals surface area contributed by atoms with Crippen LogP contribution in [0.2, 0.25) is 0 Å². The monoisotopic (exact) mass is 379 g/mol. The van der Waals surface area contributed by atoms with Crippen molar-refractivity contribution in [3.8, 4) is 0 Å². The number of carbonyl (C=O) groups is 1. The van der Waals surface area contributed by atoms with Crippen molar-refractivity contribution in [3.05, 3.63) is 64.7 Å². The lowest BCUT2D eigenvalue weighted by Gasteiger charge is -2.05. The van der Waals surface area contributed by atoms with Crippen molar-refractivity contribution < 1.29 is 18.3 Å². The molecule has 0 aliphatic rings. The van der Waals surface area contributed by atoms with Gasteiger partial charge in [-0.15, -0.1) is 16.9 Å². The number of hydrogen-bond donors (Lipinski definition) is 0. The fourth-order valence-electron chi connectivity index (χ4n) is 2.26. The number of pyridine rings is 1. The molecule has 26 heavy (non-hydrogen) atoms. The number of fused-ring (bicyclic) bond motifs is 1. The first kappa shape index (κ1) is 18.1. The lowest BCUT2D eigenvalue weighted by Crippen LogP contribution is -2.22. The quantitative estimate of drug-likeness (QED) is 0.359. The van der Waals surface area contributed by atoms with Crippen LogP contribution in [0.4, 0.5) is 8.78 Å². The second-order valence-electron chi connectivity index (χ2n) is 5.37. The molecule has 1 aromatic carbocycles. The van der Waals surface area contributed by atoms with E-state index in [9.17, 15) is 18.4 Å². The molecule has 9 heteroatoms. The van der Waals surface area contributed by atoms with Gasteiger partial charge in [0.15, 0.2) is 17.3 Å². The Morgan fingerprint density at radius 1 is 1.19 bits per heavy atom. The number of hydrogen-bond acceptors (Lipinski definition) is 5. The number of halogens is 2. The third kappa shape index (κ3) is 4.29. The molecule has 0 atom stereocenters. The van der Waals surface area contributed by atoms with E-state index in [-0.39, 0.29) is 18.0 Å². The molecule has 0 radical (unpaired) electrons. The van der Waals surface area contributed by atoms with Gasteiger partial charge in [0.05, 0.1) is 12.4 Å². The Hall–Kier alpha value is -2.68. The van der Waals surface area contributed by atoms with Crippen LogP contribution in [0.5, 0.6) is 0 Å². The van der Waals surface area contributed by atoms with Crippen molar-refractivity contribution >= 4 is 23.4 Å². The number of benzene rings is 1. The van der Waals surface area contributed by atoms with E-state index in [1.54, 1.807) is 24.4 Å². The number of aromatic nitrogens is 3. The van der Waals surface area contributed by atoms with Crippen LogP contribution in [0.25, 0.3) is 5.65 Å². The van der Waals surface area contributed by atoms with Gasteiger partial charge in [0.25, 0.3) is 0 Å². The average molecular weight is 379 g/mol. The topological polar surface area (TPSA) is 65.6 Å². The molecule has 0 fully saturated rings. The summed E-state index contributed by atoms with van der Waals surface area (Å²) >= 11 is 1.06. The summed E-state index contributed by atoms with van der Waals surface area (Å²) in [5.74, 6) is -2.37. The summed E-state index contributed by atoms with van der Waals surface area (Å²) in [6.07, 6.45) is 2.07. The van der Waals surface area contributed by atoms with Crippen LogP contribution in [0.1, 0.15) is 6.42 Å². The first-order chi connectivity index (χ1) is 12.5. The molecule has 136 valence electrons. The molecule has 3 aromatic rings. The molecule has 0 spiro atoms. The maximum Gasteiger partial charge on any atom is 0.350 e. The molecule has 0 aliphatic heterocycles. The molecule has 0 saturated heterocycles. The highest BCUT2D eigenvalue weighted by Gasteiger charge is 2.09. The number of carbonyl (C=O) groups excluding carboxylic acids is 1. The summed E-state index contributed by atoms with van der Waals surface area (Å²) in [5, 5.41) is 4.18. The van der Waals surface area contributed by atoms with Crippen LogP contribution in [-0.2, 0) is 16.1 Å². The molecule has 0 saturated carbocycles. The van der Waals surface area contributed by atoms with E-state index >= 15 is 0 Å². The van der Waals surface area contributed by atoms with Crippen molar-refractivity contribution in [3.63, 3.8) is 0 Å². The Morgan fingerprint density at radius 2 is 2.04 bits per heavy atom. The molecule has 0 aliphatic carbocycles. The van der Waals surface area contributed by atoms with Crippen LogP contribution in [0, 0.1) is 11.6 Å². The minimum atomic E-state index is -0.957. The summed E-state index contributed by atoms with van der Waals surface area (Å²) in [7, 11) is 0. The van der Waals surface area contributed by atoms with Crippen LogP contribution >= 0.6 is 11.8 Å². The van der Waals surface area contributed by atoms with Gasteiger partial charge in [0.2, 0.25) is 0 Å². The molecule has 3 rings (SSSR count). The molecule has 2 heterocycles. The number of ether oxygens (including phenoxy) is 1. The maximum atomic E-state index is 13.1. The number of nitrogens with zero attached hydrogens (tertiary/aromatic N) is 3. The average Bonchev–Trinajstić information content (AvgIpc) is 2.96.